The summed E-state index contributed by atoms with van der Waals surface area (Å²) < 4.78 is 12.2. The molecule has 1 aliphatic heterocycles. The van der Waals surface area contributed by atoms with Crippen LogP contribution in [0.15, 0.2) is 23.4 Å². The Morgan fingerprint density at radius 3 is 2.95 bits per heavy atom. The molecule has 3 nitrogen and oxygen atoms in total. The molecular formula is C17H27NO2W. The number of allylic oxidation sites excluding steroid dienone is 2. The molecule has 1 fully saturated rings. The molecule has 0 aromatic carbocycles. The summed E-state index contributed by atoms with van der Waals surface area (Å²) in [5.41, 5.74) is 2.91. The molecule has 0 spiro atoms. The molecule has 0 aromatic heterocycles. The van der Waals surface area contributed by atoms with Crippen LogP contribution in [0.4, 0.5) is 0 Å². The molecule has 0 radical (unpaired) electrons. The zero-order valence-corrected chi connectivity index (χ0v) is 16.2. The first kappa shape index (κ1) is 17.1. The Labute approximate surface area is 139 Å². The van der Waals surface area contributed by atoms with Crippen LogP contribution in [-0.4, -0.2) is 41.9 Å². The molecule has 1 heterocycles. The first-order valence-corrected chi connectivity index (χ1v) is 9.56. The van der Waals surface area contributed by atoms with Gasteiger partial charge in [-0.05, 0) is 0 Å². The minimum absolute atomic E-state index is 0.522. The zero-order chi connectivity index (χ0) is 15.1. The van der Waals surface area contributed by atoms with E-state index in [0.29, 0.717) is 6.04 Å². The normalized spacial score (nSPS) is 23.3. The van der Waals surface area contributed by atoms with Crippen LogP contribution < -0.4 is 0 Å². The number of rotatable bonds is 7. The van der Waals surface area contributed by atoms with Crippen LogP contribution in [0.1, 0.15) is 45.4 Å². The third-order valence-electron chi connectivity index (χ3n) is 4.21. The number of methoxy groups -OCH3 is 1. The molecule has 0 amide bonds. The Bertz CT molecular complexity index is 417. The van der Waals surface area contributed by atoms with E-state index < -0.39 is 0 Å². The van der Waals surface area contributed by atoms with Crippen LogP contribution in [0.2, 0.25) is 0 Å². The van der Waals surface area contributed by atoms with Crippen molar-refractivity contribution in [3.63, 3.8) is 0 Å². The van der Waals surface area contributed by atoms with E-state index in [1.54, 1.807) is 0 Å². The number of nitrogens with zero attached hydrogens (tertiary/aromatic N) is 1. The van der Waals surface area contributed by atoms with Crippen molar-refractivity contribution in [3.05, 3.63) is 23.4 Å². The SMILES string of the molecule is CCO[C](=[W])/C=C(\C1=CCCCC1)N1CCC[C@H]1COC. The second-order valence-corrected chi connectivity index (χ2v) is 7.15. The summed E-state index contributed by atoms with van der Waals surface area (Å²) in [7, 11) is 1.81. The van der Waals surface area contributed by atoms with E-state index >= 15 is 0 Å². The Balaban J connectivity index is 2.22. The summed E-state index contributed by atoms with van der Waals surface area (Å²) in [6.07, 6.45) is 12.3. The van der Waals surface area contributed by atoms with Crippen molar-refractivity contribution in [1.29, 1.82) is 0 Å². The topological polar surface area (TPSA) is 21.7 Å². The summed E-state index contributed by atoms with van der Waals surface area (Å²) in [5, 5.41) is 0. The molecule has 4 heteroatoms. The van der Waals surface area contributed by atoms with Gasteiger partial charge in [-0.2, -0.15) is 0 Å². The third kappa shape index (κ3) is 4.87. The Kier molecular flexibility index (Phi) is 7.35. The van der Waals surface area contributed by atoms with Crippen molar-refractivity contribution in [2.75, 3.05) is 26.9 Å². The maximum atomic E-state index is 5.71. The van der Waals surface area contributed by atoms with Gasteiger partial charge >= 0.3 is 140 Å². The summed E-state index contributed by atoms with van der Waals surface area (Å²) in [6, 6.07) is 0.522. The molecule has 2 aliphatic rings. The molecule has 1 aliphatic carbocycles. The Morgan fingerprint density at radius 2 is 2.29 bits per heavy atom. The van der Waals surface area contributed by atoms with Crippen molar-refractivity contribution in [1.82, 2.24) is 4.90 Å². The molecule has 1 atom stereocenters. The van der Waals surface area contributed by atoms with Crippen LogP contribution in [0.5, 0.6) is 0 Å². The first-order valence-electron chi connectivity index (χ1n) is 8.09. The van der Waals surface area contributed by atoms with E-state index in [2.05, 4.69) is 24.0 Å². The Morgan fingerprint density at radius 1 is 1.43 bits per heavy atom. The van der Waals surface area contributed by atoms with Crippen LogP contribution >= 0.6 is 0 Å². The van der Waals surface area contributed by atoms with Crippen molar-refractivity contribution in [2.45, 2.75) is 51.5 Å². The van der Waals surface area contributed by atoms with Gasteiger partial charge in [-0.3, -0.25) is 0 Å². The van der Waals surface area contributed by atoms with Crippen molar-refractivity contribution < 1.29 is 28.8 Å². The fraction of sp³-hybridized carbons (Fsp3) is 0.706. The fourth-order valence-corrected chi connectivity index (χ4v) is 4.07. The van der Waals surface area contributed by atoms with Crippen LogP contribution in [0.25, 0.3) is 0 Å². The number of ether oxygens (including phenoxy) is 2. The average Bonchev–Trinajstić information content (AvgIpc) is 2.94. The molecule has 0 aromatic rings. The molecule has 118 valence electrons. The van der Waals surface area contributed by atoms with Crippen LogP contribution in [0, 0.1) is 0 Å². The predicted octanol–water partition coefficient (Wildman–Crippen LogP) is 3.19. The van der Waals surface area contributed by atoms with Gasteiger partial charge in [-0.25, -0.2) is 0 Å². The molecule has 21 heavy (non-hydrogen) atoms. The van der Waals surface area contributed by atoms with Gasteiger partial charge in [0.15, 0.2) is 0 Å². The fourth-order valence-electron chi connectivity index (χ4n) is 3.24. The van der Waals surface area contributed by atoms with Gasteiger partial charge in [0.05, 0.1) is 0 Å². The summed E-state index contributed by atoms with van der Waals surface area (Å²) in [4.78, 5) is 2.56. The molecule has 1 saturated heterocycles. The first-order chi connectivity index (χ1) is 10.3. The zero-order valence-electron chi connectivity index (χ0n) is 13.3. The van der Waals surface area contributed by atoms with E-state index in [9.17, 15) is 0 Å². The van der Waals surface area contributed by atoms with Gasteiger partial charge in [0.1, 0.15) is 0 Å². The molecule has 0 unspecified atom stereocenters. The summed E-state index contributed by atoms with van der Waals surface area (Å²) in [6.45, 7) is 4.78. The van der Waals surface area contributed by atoms with Crippen molar-refractivity contribution in [3.8, 4) is 0 Å². The minimum atomic E-state index is 0.522. The van der Waals surface area contributed by atoms with E-state index in [1.807, 2.05) is 7.11 Å². The summed E-state index contributed by atoms with van der Waals surface area (Å²) in [5.74, 6) is 0. The third-order valence-corrected chi connectivity index (χ3v) is 5.05. The molecule has 2 rings (SSSR count). The predicted molar refractivity (Wildman–Crippen MR) is 82.9 cm³/mol. The number of hydrogen-bond donors (Lipinski definition) is 0. The van der Waals surface area contributed by atoms with Gasteiger partial charge in [0.25, 0.3) is 0 Å². The van der Waals surface area contributed by atoms with E-state index in [1.165, 1.54) is 69.1 Å². The molecule has 0 saturated carbocycles. The average molecular weight is 461 g/mol. The molecule has 0 bridgehead atoms. The van der Waals surface area contributed by atoms with Gasteiger partial charge in [0, 0.05) is 0 Å². The monoisotopic (exact) mass is 461 g/mol. The van der Waals surface area contributed by atoms with Crippen molar-refractivity contribution >= 4 is 4.08 Å². The second-order valence-electron chi connectivity index (χ2n) is 5.70. The van der Waals surface area contributed by atoms with Gasteiger partial charge in [-0.15, -0.1) is 0 Å². The van der Waals surface area contributed by atoms with Gasteiger partial charge in [-0.1, -0.05) is 0 Å². The number of likely N-dealkylation sites (tertiary alicyclic amines) is 1. The van der Waals surface area contributed by atoms with Crippen LogP contribution in [0.3, 0.4) is 0 Å². The van der Waals surface area contributed by atoms with Gasteiger partial charge in [0.2, 0.25) is 0 Å². The Hall–Kier alpha value is -0.242. The van der Waals surface area contributed by atoms with E-state index in [0.717, 1.165) is 23.8 Å². The standard InChI is InChI=1S/C17H27NO2.W/c1-3-20-13-11-17(15-8-5-4-6-9-15)18-12-7-10-16(18)14-19-2;/h8,11,16H,3-7,9-10,12,14H2,1-2H3;/b17-11+;/t16-;/m0./s1. The maximum absolute atomic E-state index is 5.71. The van der Waals surface area contributed by atoms with Crippen molar-refractivity contribution in [2.24, 2.45) is 0 Å². The number of hydrogen-bond acceptors (Lipinski definition) is 3. The van der Waals surface area contributed by atoms with Gasteiger partial charge < -0.3 is 0 Å². The molecular weight excluding hydrogens is 434 g/mol. The quantitative estimate of drug-likeness (QED) is 0.582. The van der Waals surface area contributed by atoms with Crippen LogP contribution in [-0.2, 0) is 28.8 Å². The van der Waals surface area contributed by atoms with E-state index in [4.69, 9.17) is 9.47 Å². The summed E-state index contributed by atoms with van der Waals surface area (Å²) >= 11 is 1.41. The molecule has 0 N–H and O–H groups in total. The van der Waals surface area contributed by atoms with E-state index in [-0.39, 0.29) is 0 Å². The second kappa shape index (κ2) is 9.02.